The Kier molecular flexibility index (Phi) is 6.91. The fourth-order valence-electron chi connectivity index (χ4n) is 4.98. The fourth-order valence-corrected chi connectivity index (χ4v) is 4.98. The maximum absolute atomic E-state index is 14.6. The van der Waals surface area contributed by atoms with Gasteiger partial charge in [0.15, 0.2) is 29.0 Å². The molecule has 1 aromatic carbocycles. The Morgan fingerprint density at radius 1 is 1.00 bits per heavy atom. The number of nitrogens with one attached hydrogen (secondary N) is 3. The summed E-state index contributed by atoms with van der Waals surface area (Å²) in [5, 5.41) is 9.52. The number of ether oxygens (including phenoxy) is 2. The average molecular weight is 480 g/mol. The summed E-state index contributed by atoms with van der Waals surface area (Å²) in [6, 6.07) is 2.20. The summed E-state index contributed by atoms with van der Waals surface area (Å²) in [4.78, 5) is 8.13. The molecule has 3 heterocycles. The van der Waals surface area contributed by atoms with E-state index < -0.39 is 23.2 Å². The van der Waals surface area contributed by atoms with E-state index in [9.17, 15) is 13.2 Å². The molecule has 10 heteroatoms. The number of hydrogen-bond acceptors (Lipinski definition) is 7. The van der Waals surface area contributed by atoms with Crippen molar-refractivity contribution in [3.8, 4) is 5.75 Å². The SMILES string of the molecule is CC1(C)CC(Nc2nc(Nc3cc(F)c(OC4CCOCC4)c(F)c3)ncc2F)CC(C)(C)N1. The highest BCUT2D eigenvalue weighted by atomic mass is 19.1. The van der Waals surface area contributed by atoms with Crippen LogP contribution in [0.25, 0.3) is 0 Å². The van der Waals surface area contributed by atoms with Crippen LogP contribution in [0.4, 0.5) is 30.6 Å². The Morgan fingerprint density at radius 3 is 2.24 bits per heavy atom. The minimum atomic E-state index is -0.839. The first-order valence-electron chi connectivity index (χ1n) is 11.6. The van der Waals surface area contributed by atoms with Crippen LogP contribution in [0, 0.1) is 17.5 Å². The molecule has 3 N–H and O–H groups in total. The van der Waals surface area contributed by atoms with E-state index in [2.05, 4.69) is 53.6 Å². The van der Waals surface area contributed by atoms with Crippen LogP contribution >= 0.6 is 0 Å². The lowest BCUT2D eigenvalue weighted by atomic mass is 9.79. The third-order valence-electron chi connectivity index (χ3n) is 5.98. The number of nitrogens with zero attached hydrogens (tertiary/aromatic N) is 2. The van der Waals surface area contributed by atoms with E-state index in [1.165, 1.54) is 0 Å². The Hall–Kier alpha value is -2.59. The minimum Gasteiger partial charge on any atom is -0.484 e. The Bertz CT molecular complexity index is 989. The number of aromatic nitrogens is 2. The summed E-state index contributed by atoms with van der Waals surface area (Å²) in [5.74, 6) is -2.64. The molecule has 0 saturated carbocycles. The van der Waals surface area contributed by atoms with E-state index in [-0.39, 0.29) is 40.7 Å². The predicted octanol–water partition coefficient (Wildman–Crippen LogP) is 4.92. The molecule has 0 bridgehead atoms. The van der Waals surface area contributed by atoms with Gasteiger partial charge in [0.2, 0.25) is 5.95 Å². The van der Waals surface area contributed by atoms with Crippen LogP contribution in [-0.2, 0) is 4.74 Å². The van der Waals surface area contributed by atoms with E-state index in [0.29, 0.717) is 26.1 Å². The summed E-state index contributed by atoms with van der Waals surface area (Å²) in [5.41, 5.74) is -0.169. The fraction of sp³-hybridized carbons (Fsp3) is 0.583. The smallest absolute Gasteiger partial charge is 0.229 e. The number of anilines is 3. The van der Waals surface area contributed by atoms with E-state index in [1.807, 2.05) is 0 Å². The second-order valence-electron chi connectivity index (χ2n) is 10.4. The third kappa shape index (κ3) is 6.09. The molecular formula is C24H32F3N5O2. The van der Waals surface area contributed by atoms with Gasteiger partial charge < -0.3 is 25.4 Å². The van der Waals surface area contributed by atoms with Crippen molar-refractivity contribution < 1.29 is 22.6 Å². The number of halogens is 3. The van der Waals surface area contributed by atoms with Gasteiger partial charge in [-0.25, -0.2) is 18.2 Å². The van der Waals surface area contributed by atoms with Gasteiger partial charge in [-0.3, -0.25) is 0 Å². The van der Waals surface area contributed by atoms with E-state index in [1.54, 1.807) is 0 Å². The summed E-state index contributed by atoms with van der Waals surface area (Å²) in [6.07, 6.45) is 3.43. The monoisotopic (exact) mass is 479 g/mol. The highest BCUT2D eigenvalue weighted by Gasteiger charge is 2.38. The van der Waals surface area contributed by atoms with Crippen molar-refractivity contribution in [2.75, 3.05) is 23.8 Å². The zero-order valence-electron chi connectivity index (χ0n) is 20.0. The van der Waals surface area contributed by atoms with E-state index in [4.69, 9.17) is 9.47 Å². The van der Waals surface area contributed by atoms with Crippen molar-refractivity contribution in [2.45, 2.75) is 76.6 Å². The van der Waals surface area contributed by atoms with Gasteiger partial charge in [-0.2, -0.15) is 4.98 Å². The normalized spacial score (nSPS) is 20.7. The molecule has 34 heavy (non-hydrogen) atoms. The molecule has 0 spiro atoms. The van der Waals surface area contributed by atoms with Crippen LogP contribution in [0.2, 0.25) is 0 Å². The zero-order valence-corrected chi connectivity index (χ0v) is 20.0. The second-order valence-corrected chi connectivity index (χ2v) is 10.4. The second kappa shape index (κ2) is 9.58. The largest absolute Gasteiger partial charge is 0.484 e. The first-order valence-corrected chi connectivity index (χ1v) is 11.6. The first-order chi connectivity index (χ1) is 16.0. The van der Waals surface area contributed by atoms with Crippen LogP contribution in [0.1, 0.15) is 53.4 Å². The first kappa shape index (κ1) is 24.5. The standard InChI is InChI=1S/C24H32F3N5O2/c1-23(2)11-15(12-24(3,4)32-23)29-21-19(27)13-28-22(31-21)30-14-9-17(25)20(18(26)10-14)34-16-5-7-33-8-6-16/h9-10,13,15-16,32H,5-8,11-12H2,1-4H3,(H2,28,29,30,31). The van der Waals surface area contributed by atoms with Crippen molar-refractivity contribution in [2.24, 2.45) is 0 Å². The highest BCUT2D eigenvalue weighted by Crippen LogP contribution is 2.32. The van der Waals surface area contributed by atoms with Crippen molar-refractivity contribution in [1.82, 2.24) is 15.3 Å². The summed E-state index contributed by atoms with van der Waals surface area (Å²) >= 11 is 0. The quantitative estimate of drug-likeness (QED) is 0.543. The van der Waals surface area contributed by atoms with Gasteiger partial charge in [0.1, 0.15) is 6.10 Å². The predicted molar refractivity (Wildman–Crippen MR) is 124 cm³/mol. The third-order valence-corrected chi connectivity index (χ3v) is 5.98. The summed E-state index contributed by atoms with van der Waals surface area (Å²) in [6.45, 7) is 9.40. The molecule has 2 aliphatic heterocycles. The molecule has 2 saturated heterocycles. The molecule has 1 aromatic heterocycles. The lowest BCUT2D eigenvalue weighted by molar-refractivity contribution is 0.0223. The average Bonchev–Trinajstić information content (AvgIpc) is 2.72. The van der Waals surface area contributed by atoms with Gasteiger partial charge in [-0.1, -0.05) is 0 Å². The Morgan fingerprint density at radius 2 is 1.62 bits per heavy atom. The van der Waals surface area contributed by atoms with Gasteiger partial charge in [-0.05, 0) is 40.5 Å². The van der Waals surface area contributed by atoms with Gasteiger partial charge in [0.25, 0.3) is 0 Å². The van der Waals surface area contributed by atoms with Crippen LogP contribution in [0.5, 0.6) is 5.75 Å². The molecule has 7 nitrogen and oxygen atoms in total. The molecule has 4 rings (SSSR count). The van der Waals surface area contributed by atoms with E-state index in [0.717, 1.165) is 31.2 Å². The van der Waals surface area contributed by atoms with Crippen molar-refractivity contribution >= 4 is 17.5 Å². The Labute approximate surface area is 197 Å². The topological polar surface area (TPSA) is 80.3 Å². The maximum atomic E-state index is 14.6. The number of piperidine rings is 1. The number of benzene rings is 1. The molecule has 0 amide bonds. The zero-order chi connectivity index (χ0) is 24.5. The summed E-state index contributed by atoms with van der Waals surface area (Å²) < 4.78 is 54.5. The van der Waals surface area contributed by atoms with E-state index >= 15 is 0 Å². The van der Waals surface area contributed by atoms with Crippen molar-refractivity contribution in [3.63, 3.8) is 0 Å². The number of hydrogen-bond donors (Lipinski definition) is 3. The molecule has 0 atom stereocenters. The van der Waals surface area contributed by atoms with Gasteiger partial charge in [0, 0.05) is 47.8 Å². The van der Waals surface area contributed by atoms with Crippen molar-refractivity contribution in [1.29, 1.82) is 0 Å². The molecule has 0 unspecified atom stereocenters. The lowest BCUT2D eigenvalue weighted by Gasteiger charge is -2.46. The molecule has 2 aliphatic rings. The minimum absolute atomic E-state index is 0.0139. The molecule has 2 aromatic rings. The van der Waals surface area contributed by atoms with Crippen LogP contribution in [0.15, 0.2) is 18.3 Å². The molecule has 186 valence electrons. The molecular weight excluding hydrogens is 447 g/mol. The molecule has 2 fully saturated rings. The van der Waals surface area contributed by atoms with Crippen LogP contribution in [-0.4, -0.2) is 46.4 Å². The van der Waals surface area contributed by atoms with Gasteiger partial charge >= 0.3 is 0 Å². The van der Waals surface area contributed by atoms with Crippen LogP contribution < -0.4 is 20.7 Å². The van der Waals surface area contributed by atoms with Crippen LogP contribution in [0.3, 0.4) is 0 Å². The van der Waals surface area contributed by atoms with Gasteiger partial charge in [-0.15, -0.1) is 0 Å². The van der Waals surface area contributed by atoms with Gasteiger partial charge in [0.05, 0.1) is 19.4 Å². The highest BCUT2D eigenvalue weighted by molar-refractivity contribution is 5.57. The number of rotatable bonds is 6. The molecule has 0 aliphatic carbocycles. The van der Waals surface area contributed by atoms with Crippen molar-refractivity contribution in [3.05, 3.63) is 35.8 Å². The maximum Gasteiger partial charge on any atom is 0.229 e. The molecule has 0 radical (unpaired) electrons. The Balaban J connectivity index is 1.48. The summed E-state index contributed by atoms with van der Waals surface area (Å²) in [7, 11) is 0. The lowest BCUT2D eigenvalue weighted by Crippen LogP contribution is -2.60.